The number of rotatable bonds is 5. The van der Waals surface area contributed by atoms with Gasteiger partial charge in [-0.1, -0.05) is 0 Å². The Balaban J connectivity index is 2.28. The predicted octanol–water partition coefficient (Wildman–Crippen LogP) is 2.53. The number of thiophene rings is 1. The lowest BCUT2D eigenvalue weighted by atomic mass is 10.2. The van der Waals surface area contributed by atoms with Crippen molar-refractivity contribution < 1.29 is 13.2 Å². The summed E-state index contributed by atoms with van der Waals surface area (Å²) in [5, 5.41) is 0. The summed E-state index contributed by atoms with van der Waals surface area (Å²) in [6.07, 6.45) is 1.32. The number of carbonyl (C=O) groups excluding carboxylic acids is 1. The summed E-state index contributed by atoms with van der Waals surface area (Å²) in [4.78, 5) is 14.2. The number of likely N-dealkylation sites (N-methyl/N-ethyl adjacent to an activating group) is 1. The highest BCUT2D eigenvalue weighted by Crippen LogP contribution is 2.32. The van der Waals surface area contributed by atoms with Gasteiger partial charge in [0.25, 0.3) is 10.0 Å². The molecule has 1 atom stereocenters. The van der Waals surface area contributed by atoms with Crippen LogP contribution in [0.3, 0.4) is 0 Å². The van der Waals surface area contributed by atoms with Gasteiger partial charge < -0.3 is 4.90 Å². The molecule has 1 unspecified atom stereocenters. The molecular weight excluding hydrogens is 376 g/mol. The van der Waals surface area contributed by atoms with Gasteiger partial charge in [-0.15, -0.1) is 11.3 Å². The van der Waals surface area contributed by atoms with Crippen molar-refractivity contribution in [1.29, 1.82) is 0 Å². The van der Waals surface area contributed by atoms with E-state index in [0.29, 0.717) is 26.1 Å². The zero-order valence-electron chi connectivity index (χ0n) is 12.1. The molecule has 118 valence electrons. The topological polar surface area (TPSA) is 57.7 Å². The zero-order chi connectivity index (χ0) is 15.6. The fraction of sp³-hybridized carbons (Fsp3) is 0.615. The molecule has 0 saturated carbocycles. The van der Waals surface area contributed by atoms with E-state index in [0.717, 1.165) is 10.2 Å². The van der Waals surface area contributed by atoms with Crippen molar-refractivity contribution in [2.75, 3.05) is 19.6 Å². The van der Waals surface area contributed by atoms with E-state index in [1.54, 1.807) is 17.0 Å². The lowest BCUT2D eigenvalue weighted by Crippen LogP contribution is -2.47. The minimum atomic E-state index is -3.59. The molecule has 0 N–H and O–H groups in total. The highest BCUT2D eigenvalue weighted by molar-refractivity contribution is 9.11. The Bertz CT molecular complexity index is 611. The fourth-order valence-corrected chi connectivity index (χ4v) is 6.36. The molecule has 0 aliphatic carbocycles. The van der Waals surface area contributed by atoms with Crippen LogP contribution in [0.4, 0.5) is 0 Å². The Hall–Kier alpha value is -0.440. The van der Waals surface area contributed by atoms with Crippen LogP contribution in [0, 0.1) is 0 Å². The molecule has 0 aromatic carbocycles. The number of nitrogens with zero attached hydrogens (tertiary/aromatic N) is 2. The maximum absolute atomic E-state index is 12.7. The van der Waals surface area contributed by atoms with Crippen LogP contribution < -0.4 is 0 Å². The molecule has 0 spiro atoms. The van der Waals surface area contributed by atoms with E-state index >= 15 is 0 Å². The van der Waals surface area contributed by atoms with Gasteiger partial charge in [0.2, 0.25) is 5.91 Å². The fourth-order valence-electron chi connectivity index (χ4n) is 2.57. The van der Waals surface area contributed by atoms with E-state index in [2.05, 4.69) is 15.9 Å². The molecule has 1 aromatic rings. The average molecular weight is 395 g/mol. The van der Waals surface area contributed by atoms with E-state index in [1.165, 1.54) is 15.6 Å². The van der Waals surface area contributed by atoms with Gasteiger partial charge in [-0.05, 0) is 54.8 Å². The van der Waals surface area contributed by atoms with Gasteiger partial charge in [0.05, 0.1) is 3.79 Å². The third kappa shape index (κ3) is 3.33. The van der Waals surface area contributed by atoms with E-state index in [1.807, 2.05) is 13.8 Å². The standard InChI is InChI=1S/C13H19BrN2O3S2/c1-3-15(4-2)13(17)10-6-5-9-16(10)21(18,19)12-8-7-11(14)20-12/h7-8,10H,3-6,9H2,1-2H3. The molecule has 5 nitrogen and oxygen atoms in total. The molecule has 2 rings (SSSR count). The Kier molecular flexibility index (Phi) is 5.45. The van der Waals surface area contributed by atoms with Crippen molar-refractivity contribution >= 4 is 43.2 Å². The molecule has 1 fully saturated rings. The lowest BCUT2D eigenvalue weighted by Gasteiger charge is -2.28. The van der Waals surface area contributed by atoms with Crippen LogP contribution in [0.1, 0.15) is 26.7 Å². The highest BCUT2D eigenvalue weighted by atomic mass is 79.9. The van der Waals surface area contributed by atoms with Crippen molar-refractivity contribution in [3.8, 4) is 0 Å². The highest BCUT2D eigenvalue weighted by Gasteiger charge is 2.41. The van der Waals surface area contributed by atoms with Gasteiger partial charge in [0.15, 0.2) is 0 Å². The Morgan fingerprint density at radius 2 is 2.10 bits per heavy atom. The summed E-state index contributed by atoms with van der Waals surface area (Å²) in [5.41, 5.74) is 0. The molecule has 8 heteroatoms. The first-order valence-corrected chi connectivity index (χ1v) is 10.0. The molecule has 1 aromatic heterocycles. The Labute approximate surface area is 138 Å². The summed E-state index contributed by atoms with van der Waals surface area (Å²) in [5.74, 6) is -0.0864. The second kappa shape index (κ2) is 6.76. The lowest BCUT2D eigenvalue weighted by molar-refractivity contribution is -0.134. The van der Waals surface area contributed by atoms with Crippen LogP contribution in [0.2, 0.25) is 0 Å². The first kappa shape index (κ1) is 16.9. The Morgan fingerprint density at radius 1 is 1.43 bits per heavy atom. The summed E-state index contributed by atoms with van der Waals surface area (Å²) in [6, 6.07) is 2.74. The molecule has 1 aliphatic heterocycles. The largest absolute Gasteiger partial charge is 0.342 e. The average Bonchev–Trinajstić information content (AvgIpc) is 3.08. The first-order valence-electron chi connectivity index (χ1n) is 6.97. The van der Waals surface area contributed by atoms with Crippen molar-refractivity contribution in [2.45, 2.75) is 36.9 Å². The van der Waals surface area contributed by atoms with Crippen LogP contribution in [0.15, 0.2) is 20.1 Å². The Morgan fingerprint density at radius 3 is 2.62 bits per heavy atom. The van der Waals surface area contributed by atoms with Crippen LogP contribution in [0.25, 0.3) is 0 Å². The van der Waals surface area contributed by atoms with Crippen LogP contribution in [-0.2, 0) is 14.8 Å². The van der Waals surface area contributed by atoms with Gasteiger partial charge in [0.1, 0.15) is 10.3 Å². The number of hydrogen-bond donors (Lipinski definition) is 0. The maximum atomic E-state index is 12.7. The molecule has 0 bridgehead atoms. The van der Waals surface area contributed by atoms with E-state index in [-0.39, 0.29) is 10.1 Å². The molecule has 21 heavy (non-hydrogen) atoms. The van der Waals surface area contributed by atoms with Gasteiger partial charge in [-0.3, -0.25) is 4.79 Å². The molecule has 1 saturated heterocycles. The van der Waals surface area contributed by atoms with Gasteiger partial charge >= 0.3 is 0 Å². The third-order valence-corrected chi connectivity index (χ3v) is 7.67. The zero-order valence-corrected chi connectivity index (χ0v) is 15.3. The van der Waals surface area contributed by atoms with Gasteiger partial charge in [-0.2, -0.15) is 4.31 Å². The quantitative estimate of drug-likeness (QED) is 0.770. The minimum absolute atomic E-state index is 0.0864. The molecular formula is C13H19BrN2O3S2. The smallest absolute Gasteiger partial charge is 0.253 e. The minimum Gasteiger partial charge on any atom is -0.342 e. The summed E-state index contributed by atoms with van der Waals surface area (Å²) in [7, 11) is -3.59. The monoisotopic (exact) mass is 394 g/mol. The second-order valence-electron chi connectivity index (χ2n) is 4.84. The summed E-state index contributed by atoms with van der Waals surface area (Å²) in [6.45, 7) is 5.43. The summed E-state index contributed by atoms with van der Waals surface area (Å²) >= 11 is 4.46. The first-order chi connectivity index (χ1) is 9.91. The maximum Gasteiger partial charge on any atom is 0.253 e. The van der Waals surface area contributed by atoms with E-state index in [4.69, 9.17) is 0 Å². The van der Waals surface area contributed by atoms with Crippen LogP contribution in [-0.4, -0.2) is 49.2 Å². The van der Waals surface area contributed by atoms with Crippen LogP contribution in [0.5, 0.6) is 0 Å². The normalized spacial score (nSPS) is 19.9. The van der Waals surface area contributed by atoms with Crippen molar-refractivity contribution in [1.82, 2.24) is 9.21 Å². The number of carbonyl (C=O) groups is 1. The number of hydrogen-bond acceptors (Lipinski definition) is 4. The van der Waals surface area contributed by atoms with Crippen molar-refractivity contribution in [3.05, 3.63) is 15.9 Å². The summed E-state index contributed by atoms with van der Waals surface area (Å²) < 4.78 is 27.8. The number of sulfonamides is 1. The number of amides is 1. The molecule has 1 aliphatic rings. The van der Waals surface area contributed by atoms with Gasteiger partial charge in [0, 0.05) is 19.6 Å². The van der Waals surface area contributed by atoms with E-state index < -0.39 is 16.1 Å². The molecule has 1 amide bonds. The molecule has 2 heterocycles. The number of halogens is 1. The van der Waals surface area contributed by atoms with Crippen LogP contribution >= 0.6 is 27.3 Å². The third-order valence-electron chi connectivity index (χ3n) is 3.68. The molecule has 0 radical (unpaired) electrons. The van der Waals surface area contributed by atoms with E-state index in [9.17, 15) is 13.2 Å². The predicted molar refractivity (Wildman–Crippen MR) is 86.9 cm³/mol. The SMILES string of the molecule is CCN(CC)C(=O)C1CCCN1S(=O)(=O)c1ccc(Br)s1. The second-order valence-corrected chi connectivity index (χ2v) is 9.42. The van der Waals surface area contributed by atoms with Crippen molar-refractivity contribution in [3.63, 3.8) is 0 Å². The van der Waals surface area contributed by atoms with Crippen molar-refractivity contribution in [2.24, 2.45) is 0 Å². The van der Waals surface area contributed by atoms with Gasteiger partial charge in [-0.25, -0.2) is 8.42 Å².